The van der Waals surface area contributed by atoms with Crippen LogP contribution in [0.15, 0.2) is 50.5 Å². The number of esters is 1. The van der Waals surface area contributed by atoms with Crippen LogP contribution in [-0.2, 0) is 9.53 Å². The highest BCUT2D eigenvalue weighted by molar-refractivity contribution is 9.10. The van der Waals surface area contributed by atoms with E-state index >= 15 is 0 Å². The number of amidine groups is 1. The monoisotopic (exact) mass is 586 g/mol. The van der Waals surface area contributed by atoms with E-state index in [9.17, 15) is 23.1 Å². The van der Waals surface area contributed by atoms with E-state index in [1.165, 1.54) is 48.3 Å². The van der Waals surface area contributed by atoms with Crippen molar-refractivity contribution in [1.29, 1.82) is 0 Å². The normalized spacial score (nSPS) is 22.4. The van der Waals surface area contributed by atoms with Crippen molar-refractivity contribution in [2.45, 2.75) is 50.8 Å². The molecule has 0 radical (unpaired) electrons. The Morgan fingerprint density at radius 3 is 2.78 bits per heavy atom. The summed E-state index contributed by atoms with van der Waals surface area (Å²) in [5.74, 6) is -3.80. The lowest BCUT2D eigenvalue weighted by atomic mass is 9.93. The number of ether oxygens (including phenoxy) is 1. The smallest absolute Gasteiger partial charge is 0.338 e. The third kappa shape index (κ3) is 5.66. The lowest BCUT2D eigenvalue weighted by molar-refractivity contribution is -0.139. The van der Waals surface area contributed by atoms with Gasteiger partial charge in [0.1, 0.15) is 11.9 Å². The molecular weight excluding hydrogens is 561 g/mol. The summed E-state index contributed by atoms with van der Waals surface area (Å²) in [4.78, 5) is 23.7. The number of hydrogen-bond donors (Lipinski definition) is 2. The molecule has 1 aromatic carbocycles. The predicted molar refractivity (Wildman–Crippen MR) is 134 cm³/mol. The summed E-state index contributed by atoms with van der Waals surface area (Å²) in [6.07, 6.45) is 1.08. The summed E-state index contributed by atoms with van der Waals surface area (Å²) in [6, 6.07) is 2.26. The van der Waals surface area contributed by atoms with Crippen LogP contribution in [0.4, 0.5) is 13.2 Å². The van der Waals surface area contributed by atoms with Crippen LogP contribution < -0.4 is 5.32 Å². The highest BCUT2D eigenvalue weighted by atomic mass is 79.9. The number of halogens is 4. The number of nitrogens with one attached hydrogen (secondary N) is 1. The summed E-state index contributed by atoms with van der Waals surface area (Å²) in [7, 11) is 0. The van der Waals surface area contributed by atoms with E-state index in [0.29, 0.717) is 26.6 Å². The van der Waals surface area contributed by atoms with Gasteiger partial charge in [0.25, 0.3) is 5.92 Å². The summed E-state index contributed by atoms with van der Waals surface area (Å²) >= 11 is 4.68. The molecular formula is C24H26BrF3N4O3S. The third-order valence-electron chi connectivity index (χ3n) is 6.06. The number of alkyl halides is 2. The van der Waals surface area contributed by atoms with Gasteiger partial charge in [-0.3, -0.25) is 9.89 Å². The van der Waals surface area contributed by atoms with Crippen LogP contribution in [0.2, 0.25) is 0 Å². The van der Waals surface area contributed by atoms with Crippen LogP contribution in [-0.4, -0.2) is 64.1 Å². The van der Waals surface area contributed by atoms with Crippen LogP contribution in [0.3, 0.4) is 0 Å². The number of carbonyl (C=O) groups excluding carboxylic acids is 1. The molecule has 36 heavy (non-hydrogen) atoms. The topological polar surface area (TPSA) is 87.0 Å². The van der Waals surface area contributed by atoms with E-state index < -0.39 is 48.4 Å². The summed E-state index contributed by atoms with van der Waals surface area (Å²) in [5.41, 5.74) is -0.487. The largest absolute Gasteiger partial charge is 0.463 e. The number of benzene rings is 1. The molecule has 2 aliphatic heterocycles. The highest BCUT2D eigenvalue weighted by Gasteiger charge is 2.50. The standard InChI is InChI=1S/C24H26BrF3N4O3S/c1-4-35-22(33)18-16(11-32-12-24(27,28)10-17(32)23(2,3)34)30-20(21-29-7-8-36-21)31-19(18)14-6-5-13(26)9-15(14)25/h5-9,17,19,34H,4,10-12H2,1-3H3,(H,30,31)/t17-,19-/m0/s1. The molecule has 0 amide bonds. The van der Waals surface area contributed by atoms with Gasteiger partial charge in [0.15, 0.2) is 10.8 Å². The molecule has 2 atom stereocenters. The summed E-state index contributed by atoms with van der Waals surface area (Å²) in [6.45, 7) is 4.04. The van der Waals surface area contributed by atoms with Crippen molar-refractivity contribution >= 4 is 39.1 Å². The predicted octanol–water partition coefficient (Wildman–Crippen LogP) is 4.43. The van der Waals surface area contributed by atoms with E-state index in [1.54, 1.807) is 18.5 Å². The average molecular weight is 587 g/mol. The number of aliphatic hydroxyl groups is 1. The van der Waals surface area contributed by atoms with Crippen molar-refractivity contribution < 1.29 is 27.8 Å². The van der Waals surface area contributed by atoms with Gasteiger partial charge < -0.3 is 15.2 Å². The van der Waals surface area contributed by atoms with Gasteiger partial charge >= 0.3 is 5.97 Å². The van der Waals surface area contributed by atoms with Gasteiger partial charge in [0.05, 0.1) is 24.3 Å². The van der Waals surface area contributed by atoms with Gasteiger partial charge in [0, 0.05) is 40.8 Å². The molecule has 7 nitrogen and oxygen atoms in total. The molecule has 1 fully saturated rings. The molecule has 0 saturated carbocycles. The zero-order valence-corrected chi connectivity index (χ0v) is 22.3. The molecule has 1 aromatic heterocycles. The molecule has 1 saturated heterocycles. The quantitative estimate of drug-likeness (QED) is 0.467. The Morgan fingerprint density at radius 1 is 1.42 bits per heavy atom. The van der Waals surface area contributed by atoms with Crippen LogP contribution in [0.5, 0.6) is 0 Å². The van der Waals surface area contributed by atoms with E-state index in [4.69, 9.17) is 9.73 Å². The molecule has 0 spiro atoms. The number of carbonyl (C=O) groups is 1. The first kappa shape index (κ1) is 26.8. The molecule has 12 heteroatoms. The Hall–Kier alpha value is -2.28. The number of rotatable bonds is 7. The lowest BCUT2D eigenvalue weighted by Gasteiger charge is -2.35. The maximum absolute atomic E-state index is 14.5. The van der Waals surface area contributed by atoms with E-state index in [-0.39, 0.29) is 18.7 Å². The number of aromatic nitrogens is 1. The Kier molecular flexibility index (Phi) is 7.61. The Morgan fingerprint density at radius 2 is 2.17 bits per heavy atom. The first-order valence-corrected chi connectivity index (χ1v) is 13.0. The Balaban J connectivity index is 1.85. The molecule has 2 aliphatic rings. The molecule has 0 unspecified atom stereocenters. The second-order valence-corrected chi connectivity index (χ2v) is 11.0. The van der Waals surface area contributed by atoms with Gasteiger partial charge in [-0.05, 0) is 38.5 Å². The van der Waals surface area contributed by atoms with Crippen LogP contribution in [0.25, 0.3) is 0 Å². The molecule has 2 aromatic rings. The van der Waals surface area contributed by atoms with E-state index in [0.717, 1.165) is 0 Å². The van der Waals surface area contributed by atoms with Gasteiger partial charge in [-0.1, -0.05) is 22.0 Å². The zero-order chi connectivity index (χ0) is 26.3. The van der Waals surface area contributed by atoms with E-state index in [2.05, 4.69) is 26.2 Å². The number of aliphatic imine (C=N–C) groups is 1. The molecule has 0 bridgehead atoms. The van der Waals surface area contributed by atoms with Crippen molar-refractivity contribution in [3.63, 3.8) is 0 Å². The summed E-state index contributed by atoms with van der Waals surface area (Å²) < 4.78 is 48.6. The Bertz CT molecular complexity index is 1200. The van der Waals surface area contributed by atoms with Crippen molar-refractivity contribution in [1.82, 2.24) is 15.2 Å². The minimum atomic E-state index is -3.00. The highest BCUT2D eigenvalue weighted by Crippen LogP contribution is 2.40. The van der Waals surface area contributed by atoms with E-state index in [1.807, 2.05) is 0 Å². The van der Waals surface area contributed by atoms with Gasteiger partial charge in [0.2, 0.25) is 0 Å². The fraction of sp³-hybridized carbons (Fsp3) is 0.458. The number of hydrogen-bond acceptors (Lipinski definition) is 8. The minimum Gasteiger partial charge on any atom is -0.463 e. The second-order valence-electron chi connectivity index (χ2n) is 9.26. The number of nitrogens with zero attached hydrogens (tertiary/aromatic N) is 3. The van der Waals surface area contributed by atoms with Crippen molar-refractivity contribution in [3.05, 3.63) is 61.9 Å². The second kappa shape index (κ2) is 10.2. The fourth-order valence-electron chi connectivity index (χ4n) is 4.52. The summed E-state index contributed by atoms with van der Waals surface area (Å²) in [5, 5.41) is 16.0. The molecule has 2 N–H and O–H groups in total. The molecule has 3 heterocycles. The molecule has 4 rings (SSSR count). The van der Waals surface area contributed by atoms with Crippen LogP contribution in [0, 0.1) is 5.82 Å². The van der Waals surface area contributed by atoms with Crippen molar-refractivity contribution in [2.24, 2.45) is 4.99 Å². The van der Waals surface area contributed by atoms with Crippen molar-refractivity contribution in [3.8, 4) is 0 Å². The lowest BCUT2D eigenvalue weighted by Crippen LogP contribution is -2.48. The number of likely N-dealkylation sites (tertiary alicyclic amines) is 1. The van der Waals surface area contributed by atoms with Crippen LogP contribution in [0.1, 0.15) is 43.8 Å². The zero-order valence-electron chi connectivity index (χ0n) is 19.9. The fourth-order valence-corrected chi connectivity index (χ4v) is 5.67. The third-order valence-corrected chi connectivity index (χ3v) is 7.52. The van der Waals surface area contributed by atoms with Crippen molar-refractivity contribution in [2.75, 3.05) is 19.7 Å². The maximum Gasteiger partial charge on any atom is 0.338 e. The van der Waals surface area contributed by atoms with Gasteiger partial charge in [-0.15, -0.1) is 11.3 Å². The SMILES string of the molecule is CCOC(=O)C1=C(CN2CC(F)(F)C[C@H]2C(C)(C)O)NC(c2nccs2)=N[C@H]1c1ccc(F)cc1Br. The minimum absolute atomic E-state index is 0.0874. The van der Waals surface area contributed by atoms with Gasteiger partial charge in [-0.25, -0.2) is 22.9 Å². The first-order valence-electron chi connectivity index (χ1n) is 11.3. The average Bonchev–Trinajstić information content (AvgIpc) is 3.41. The maximum atomic E-state index is 14.5. The van der Waals surface area contributed by atoms with Crippen LogP contribution >= 0.6 is 27.3 Å². The van der Waals surface area contributed by atoms with Gasteiger partial charge in [-0.2, -0.15) is 0 Å². The Labute approximate surface area is 219 Å². The first-order chi connectivity index (χ1) is 16.9. The molecule has 0 aliphatic carbocycles. The number of thiazole rings is 1. The molecule has 194 valence electrons.